The van der Waals surface area contributed by atoms with Crippen LogP contribution in [-0.4, -0.2) is 46.9 Å². The van der Waals surface area contributed by atoms with Crippen LogP contribution in [0.3, 0.4) is 0 Å². The van der Waals surface area contributed by atoms with Gasteiger partial charge in [0, 0.05) is 6.20 Å². The normalized spacial score (nSPS) is 24.7. The Balaban J connectivity index is 1.60. The van der Waals surface area contributed by atoms with Gasteiger partial charge in [-0.15, -0.1) is 0 Å². The monoisotopic (exact) mass is 359 g/mol. The van der Waals surface area contributed by atoms with Gasteiger partial charge < -0.3 is 16.0 Å². The maximum Gasteiger partial charge on any atom is 0.118 e. The van der Waals surface area contributed by atoms with Crippen LogP contribution in [0, 0.1) is 11.8 Å². The summed E-state index contributed by atoms with van der Waals surface area (Å²) in [6, 6.07) is 4.31. The van der Waals surface area contributed by atoms with Gasteiger partial charge in [0.2, 0.25) is 0 Å². The molecule has 27 heavy (non-hydrogen) atoms. The van der Waals surface area contributed by atoms with Crippen LogP contribution in [0.1, 0.15) is 24.6 Å². The molecule has 1 aromatic rings. The molecule has 0 saturated carbocycles. The van der Waals surface area contributed by atoms with Gasteiger partial charge in [-0.1, -0.05) is 48.3 Å². The van der Waals surface area contributed by atoms with Crippen LogP contribution in [0.2, 0.25) is 0 Å². The molecule has 2 heterocycles. The average molecular weight is 359 g/mol. The lowest BCUT2D eigenvalue weighted by molar-refractivity contribution is 0.478. The average Bonchev–Trinajstić information content (AvgIpc) is 3.02. The molecule has 3 aliphatic rings. The molecule has 2 aliphatic carbocycles. The summed E-state index contributed by atoms with van der Waals surface area (Å²) in [4.78, 5) is 11.8. The van der Waals surface area contributed by atoms with Gasteiger partial charge in [-0.3, -0.25) is 9.98 Å². The Hall–Kier alpha value is -2.84. The van der Waals surface area contributed by atoms with Crippen molar-refractivity contribution in [1.29, 1.82) is 0 Å². The van der Waals surface area contributed by atoms with Crippen LogP contribution in [0.4, 0.5) is 0 Å². The molecule has 0 saturated heterocycles. The van der Waals surface area contributed by atoms with Crippen molar-refractivity contribution in [2.75, 3.05) is 19.6 Å². The van der Waals surface area contributed by atoms with Gasteiger partial charge in [0.1, 0.15) is 5.84 Å². The van der Waals surface area contributed by atoms with E-state index in [0.717, 1.165) is 30.1 Å². The van der Waals surface area contributed by atoms with E-state index in [9.17, 15) is 0 Å². The third kappa shape index (κ3) is 3.54. The minimum absolute atomic E-state index is 0.139. The second kappa shape index (κ2) is 7.42. The highest BCUT2D eigenvalue weighted by molar-refractivity contribution is 5.89. The van der Waals surface area contributed by atoms with Crippen LogP contribution in [0.25, 0.3) is 5.70 Å². The number of aromatic nitrogens is 1. The van der Waals surface area contributed by atoms with Gasteiger partial charge in [-0.2, -0.15) is 0 Å². The summed E-state index contributed by atoms with van der Waals surface area (Å²) < 4.78 is 0. The number of nitrogens with one attached hydrogen (secondary N) is 1. The van der Waals surface area contributed by atoms with Crippen molar-refractivity contribution < 1.29 is 0 Å². The summed E-state index contributed by atoms with van der Waals surface area (Å²) in [5.74, 6) is 7.14. The Morgan fingerprint density at radius 2 is 2.30 bits per heavy atom. The number of nitrogens with two attached hydrogens (primary N) is 1. The largest absolute Gasteiger partial charge is 0.361 e. The summed E-state index contributed by atoms with van der Waals surface area (Å²) in [5.41, 5.74) is 8.90. The van der Waals surface area contributed by atoms with Crippen LogP contribution < -0.4 is 11.1 Å². The predicted molar refractivity (Wildman–Crippen MR) is 110 cm³/mol. The third-order valence-electron chi connectivity index (χ3n) is 5.23. The van der Waals surface area contributed by atoms with E-state index in [4.69, 9.17) is 10.7 Å². The first-order valence-electron chi connectivity index (χ1n) is 9.46. The molecular weight excluding hydrogens is 334 g/mol. The van der Waals surface area contributed by atoms with Gasteiger partial charge in [-0.05, 0) is 31.4 Å². The van der Waals surface area contributed by atoms with Crippen molar-refractivity contribution in [2.24, 2.45) is 10.7 Å². The van der Waals surface area contributed by atoms with E-state index >= 15 is 0 Å². The third-order valence-corrected chi connectivity index (χ3v) is 5.23. The number of allylic oxidation sites excluding steroid dienone is 3. The molecule has 5 nitrogen and oxygen atoms in total. The number of amidine groups is 1. The number of fused-ring (bicyclic) bond motifs is 2. The van der Waals surface area contributed by atoms with Crippen molar-refractivity contribution in [3.8, 4) is 11.8 Å². The molecule has 2 atom stereocenters. The lowest BCUT2D eigenvalue weighted by Crippen LogP contribution is -2.48. The van der Waals surface area contributed by atoms with Crippen LogP contribution >= 0.6 is 0 Å². The SMILES string of the molecule is CC12C=CC=CC1N=C(CN(CC#CCN)C1=CCCc3cccnc31)N2. The molecule has 5 heteroatoms. The summed E-state index contributed by atoms with van der Waals surface area (Å²) in [7, 11) is 0. The fourth-order valence-electron chi connectivity index (χ4n) is 3.85. The Morgan fingerprint density at radius 3 is 3.15 bits per heavy atom. The molecule has 1 aromatic heterocycles. The fraction of sp³-hybridized carbons (Fsp3) is 0.364. The first kappa shape index (κ1) is 17.6. The van der Waals surface area contributed by atoms with Gasteiger partial charge >= 0.3 is 0 Å². The molecule has 4 rings (SSSR count). The predicted octanol–water partition coefficient (Wildman–Crippen LogP) is 1.89. The highest BCUT2D eigenvalue weighted by Crippen LogP contribution is 2.29. The quantitative estimate of drug-likeness (QED) is 0.806. The Morgan fingerprint density at radius 1 is 1.37 bits per heavy atom. The molecule has 0 spiro atoms. The molecular formula is C22H25N5. The Labute approximate surface area is 160 Å². The van der Waals surface area contributed by atoms with E-state index in [1.165, 1.54) is 5.56 Å². The fourth-order valence-corrected chi connectivity index (χ4v) is 3.85. The van der Waals surface area contributed by atoms with E-state index in [1.54, 1.807) is 0 Å². The second-order valence-corrected chi connectivity index (χ2v) is 7.23. The van der Waals surface area contributed by atoms with Crippen LogP contribution in [-0.2, 0) is 6.42 Å². The van der Waals surface area contributed by atoms with Gasteiger partial charge in [0.15, 0.2) is 0 Å². The molecule has 3 N–H and O–H groups in total. The van der Waals surface area contributed by atoms with E-state index in [-0.39, 0.29) is 11.6 Å². The lowest BCUT2D eigenvalue weighted by atomic mass is 9.90. The van der Waals surface area contributed by atoms with E-state index in [1.807, 2.05) is 12.3 Å². The summed E-state index contributed by atoms with van der Waals surface area (Å²) in [5, 5.41) is 3.60. The number of pyridine rings is 1. The molecule has 0 bridgehead atoms. The van der Waals surface area contributed by atoms with Crippen LogP contribution in [0.5, 0.6) is 0 Å². The zero-order valence-corrected chi connectivity index (χ0v) is 15.7. The topological polar surface area (TPSA) is 66.5 Å². The van der Waals surface area contributed by atoms with E-state index in [0.29, 0.717) is 19.6 Å². The molecule has 0 fully saturated rings. The highest BCUT2D eigenvalue weighted by atomic mass is 15.2. The van der Waals surface area contributed by atoms with Gasteiger partial charge in [0.05, 0.1) is 42.6 Å². The number of hydrogen-bond acceptors (Lipinski definition) is 5. The minimum atomic E-state index is -0.143. The molecule has 0 amide bonds. The maximum atomic E-state index is 5.56. The zero-order chi connectivity index (χ0) is 18.7. The van der Waals surface area contributed by atoms with E-state index < -0.39 is 0 Å². The highest BCUT2D eigenvalue weighted by Gasteiger charge is 2.38. The van der Waals surface area contributed by atoms with Crippen molar-refractivity contribution in [1.82, 2.24) is 15.2 Å². The summed E-state index contributed by atoms with van der Waals surface area (Å²) in [6.45, 7) is 3.84. The van der Waals surface area contributed by atoms with Crippen molar-refractivity contribution >= 4 is 11.5 Å². The number of hydrogen-bond donors (Lipinski definition) is 2. The standard InChI is InChI=1S/C22H25N5/c1-22-12-3-2-11-19(22)25-20(26-22)16-27(15-5-4-13-23)18-10-6-8-17-9-7-14-24-21(17)18/h2-3,7,9-12,14,19H,6,8,13,15-16,23H2,1H3,(H,25,26). The number of aryl methyl sites for hydroxylation is 1. The smallest absolute Gasteiger partial charge is 0.118 e. The Bertz CT molecular complexity index is 899. The second-order valence-electron chi connectivity index (χ2n) is 7.23. The summed E-state index contributed by atoms with van der Waals surface area (Å²) in [6.07, 6.45) is 14.6. The first-order chi connectivity index (χ1) is 13.2. The van der Waals surface area contributed by atoms with Crippen molar-refractivity contribution in [3.05, 3.63) is 60.0 Å². The molecule has 1 aliphatic heterocycles. The molecule has 2 unspecified atom stereocenters. The molecule has 0 radical (unpaired) electrons. The van der Waals surface area contributed by atoms with Crippen molar-refractivity contribution in [2.45, 2.75) is 31.3 Å². The number of aliphatic imine (C=N–C) groups is 1. The zero-order valence-electron chi connectivity index (χ0n) is 15.7. The first-order valence-corrected chi connectivity index (χ1v) is 9.46. The number of nitrogens with zero attached hydrogens (tertiary/aromatic N) is 3. The lowest BCUT2D eigenvalue weighted by Gasteiger charge is -2.30. The van der Waals surface area contributed by atoms with Gasteiger partial charge in [0.25, 0.3) is 0 Å². The maximum absolute atomic E-state index is 5.56. The Kier molecular flexibility index (Phi) is 4.83. The number of rotatable bonds is 4. The van der Waals surface area contributed by atoms with Gasteiger partial charge in [-0.25, -0.2) is 0 Å². The van der Waals surface area contributed by atoms with Crippen molar-refractivity contribution in [3.63, 3.8) is 0 Å². The van der Waals surface area contributed by atoms with Crippen LogP contribution in [0.15, 0.2) is 53.7 Å². The minimum Gasteiger partial charge on any atom is -0.361 e. The van der Waals surface area contributed by atoms with E-state index in [2.05, 4.69) is 70.4 Å². The molecule has 0 aromatic carbocycles. The summed E-state index contributed by atoms with van der Waals surface area (Å²) >= 11 is 0. The molecule has 138 valence electrons.